The lowest BCUT2D eigenvalue weighted by atomic mass is 9.77. The van der Waals surface area contributed by atoms with E-state index in [0.29, 0.717) is 24.5 Å². The summed E-state index contributed by atoms with van der Waals surface area (Å²) in [5.41, 5.74) is 4.81. The van der Waals surface area contributed by atoms with Crippen molar-refractivity contribution in [2.45, 2.75) is 53.0 Å². The monoisotopic (exact) mass is 296 g/mol. The van der Waals surface area contributed by atoms with E-state index >= 15 is 0 Å². The summed E-state index contributed by atoms with van der Waals surface area (Å²) in [6.07, 6.45) is 4.14. The Labute approximate surface area is 124 Å². The maximum absolute atomic E-state index is 12.6. The van der Waals surface area contributed by atoms with E-state index in [4.69, 9.17) is 15.4 Å². The van der Waals surface area contributed by atoms with Crippen LogP contribution in [0, 0.1) is 12.3 Å². The summed E-state index contributed by atoms with van der Waals surface area (Å²) in [5.74, 6) is 0.802. The zero-order valence-electron chi connectivity index (χ0n) is 12.8. The van der Waals surface area contributed by atoms with Gasteiger partial charge in [0.15, 0.2) is 5.84 Å². The van der Waals surface area contributed by atoms with Crippen molar-refractivity contribution in [3.8, 4) is 0 Å². The fourth-order valence-corrected chi connectivity index (χ4v) is 2.48. The van der Waals surface area contributed by atoms with E-state index in [1.165, 1.54) is 0 Å². The smallest absolute Gasteiger partial charge is 0.234 e. The number of hydrogen-bond acceptors (Lipinski definition) is 5. The molecule has 0 unspecified atom stereocenters. The van der Waals surface area contributed by atoms with E-state index in [1.54, 1.807) is 13.1 Å². The first-order valence-electron chi connectivity index (χ1n) is 7.17. The second kappa shape index (κ2) is 7.66. The third-order valence-electron chi connectivity index (χ3n) is 3.46. The van der Waals surface area contributed by atoms with Crippen LogP contribution in [0.3, 0.4) is 0 Å². The van der Waals surface area contributed by atoms with Gasteiger partial charge in [0.1, 0.15) is 11.2 Å². The molecular formula is C14H24N4O3. The van der Waals surface area contributed by atoms with E-state index in [9.17, 15) is 4.79 Å². The molecule has 0 bridgehead atoms. The topological polar surface area (TPSA) is 114 Å². The highest BCUT2D eigenvalue weighted by Gasteiger charge is 2.41. The molecule has 0 aliphatic carbocycles. The first kappa shape index (κ1) is 17.0. The molecule has 1 rings (SSSR count). The molecule has 1 aromatic rings. The minimum atomic E-state index is -0.986. The molecular weight excluding hydrogens is 272 g/mol. The Morgan fingerprint density at radius 1 is 1.48 bits per heavy atom. The number of amidine groups is 1. The Bertz CT molecular complexity index is 490. The number of nitrogens with two attached hydrogens (primary N) is 1. The first-order chi connectivity index (χ1) is 10.00. The van der Waals surface area contributed by atoms with Gasteiger partial charge in [-0.3, -0.25) is 4.79 Å². The standard InChI is InChI=1S/C14H24N4O3/c1-4-6-14(7-5-2,12(15)18-20)13(19)17-9-11-16-8-10(3)21-11/h8,20H,4-7,9H2,1-3H3,(H2,15,18)(H,17,19). The van der Waals surface area contributed by atoms with Crippen LogP contribution >= 0.6 is 0 Å². The Balaban J connectivity index is 2.88. The second-order valence-electron chi connectivity index (χ2n) is 5.11. The van der Waals surface area contributed by atoms with Crippen molar-refractivity contribution in [3.05, 3.63) is 17.8 Å². The Morgan fingerprint density at radius 3 is 2.52 bits per heavy atom. The van der Waals surface area contributed by atoms with E-state index in [0.717, 1.165) is 12.8 Å². The van der Waals surface area contributed by atoms with E-state index in [1.807, 2.05) is 13.8 Å². The number of nitrogens with one attached hydrogen (secondary N) is 1. The van der Waals surface area contributed by atoms with Crippen LogP contribution in [0.5, 0.6) is 0 Å². The summed E-state index contributed by atoms with van der Waals surface area (Å²) in [6, 6.07) is 0. The molecule has 0 aliphatic rings. The maximum atomic E-state index is 12.6. The maximum Gasteiger partial charge on any atom is 0.234 e. The SMILES string of the molecule is CCCC(CCC)(C(=O)NCc1ncc(C)o1)/C(N)=N/O. The zero-order chi connectivity index (χ0) is 15.9. The van der Waals surface area contributed by atoms with Crippen LogP contribution in [0.15, 0.2) is 15.8 Å². The molecule has 4 N–H and O–H groups in total. The third kappa shape index (κ3) is 3.96. The number of oxazole rings is 1. The molecule has 0 aliphatic heterocycles. The molecule has 7 nitrogen and oxygen atoms in total. The molecule has 1 amide bonds. The van der Waals surface area contributed by atoms with Crippen LogP contribution < -0.4 is 11.1 Å². The number of carbonyl (C=O) groups excluding carboxylic acids is 1. The molecule has 0 fully saturated rings. The molecule has 0 saturated carbocycles. The summed E-state index contributed by atoms with van der Waals surface area (Å²) in [4.78, 5) is 16.6. The van der Waals surface area contributed by atoms with Crippen molar-refractivity contribution in [3.63, 3.8) is 0 Å². The minimum absolute atomic E-state index is 0.0488. The molecule has 7 heteroatoms. The molecule has 21 heavy (non-hydrogen) atoms. The number of oxime groups is 1. The molecule has 0 atom stereocenters. The summed E-state index contributed by atoms with van der Waals surface area (Å²) < 4.78 is 5.32. The Morgan fingerprint density at radius 2 is 2.10 bits per heavy atom. The predicted molar refractivity (Wildman–Crippen MR) is 78.7 cm³/mol. The van der Waals surface area contributed by atoms with Gasteiger partial charge in [-0.25, -0.2) is 4.98 Å². The van der Waals surface area contributed by atoms with E-state index < -0.39 is 5.41 Å². The average Bonchev–Trinajstić information content (AvgIpc) is 2.89. The lowest BCUT2D eigenvalue weighted by molar-refractivity contribution is -0.128. The Hall–Kier alpha value is -2.05. The second-order valence-corrected chi connectivity index (χ2v) is 5.11. The van der Waals surface area contributed by atoms with Gasteiger partial charge in [0, 0.05) is 0 Å². The summed E-state index contributed by atoms with van der Waals surface area (Å²) in [6.45, 7) is 5.88. The van der Waals surface area contributed by atoms with E-state index in [2.05, 4.69) is 15.5 Å². The highest BCUT2D eigenvalue weighted by molar-refractivity contribution is 6.06. The molecule has 0 saturated heterocycles. The normalized spacial score (nSPS) is 12.4. The summed E-state index contributed by atoms with van der Waals surface area (Å²) >= 11 is 0. The summed E-state index contributed by atoms with van der Waals surface area (Å²) in [5, 5.41) is 14.9. The van der Waals surface area contributed by atoms with Gasteiger partial charge >= 0.3 is 0 Å². The van der Waals surface area contributed by atoms with Crippen molar-refractivity contribution in [1.29, 1.82) is 0 Å². The van der Waals surface area contributed by atoms with Gasteiger partial charge in [0.05, 0.1) is 12.7 Å². The highest BCUT2D eigenvalue weighted by atomic mass is 16.4. The molecule has 1 heterocycles. The van der Waals surface area contributed by atoms with Crippen LogP contribution in [0.25, 0.3) is 0 Å². The number of rotatable bonds is 8. The van der Waals surface area contributed by atoms with Gasteiger partial charge in [-0.05, 0) is 19.8 Å². The first-order valence-corrected chi connectivity index (χ1v) is 7.17. The number of hydrogen-bond donors (Lipinski definition) is 3. The van der Waals surface area contributed by atoms with Crippen LogP contribution in [-0.4, -0.2) is 21.9 Å². The fourth-order valence-electron chi connectivity index (χ4n) is 2.48. The molecule has 1 aromatic heterocycles. The zero-order valence-corrected chi connectivity index (χ0v) is 12.8. The van der Waals surface area contributed by atoms with Crippen molar-refractivity contribution in [2.24, 2.45) is 16.3 Å². The predicted octanol–water partition coefficient (Wildman–Crippen LogP) is 1.93. The number of carbonyl (C=O) groups is 1. The molecule has 0 aromatic carbocycles. The number of amides is 1. The molecule has 0 radical (unpaired) electrons. The highest BCUT2D eigenvalue weighted by Crippen LogP contribution is 2.31. The number of nitrogens with zero attached hydrogens (tertiary/aromatic N) is 2. The minimum Gasteiger partial charge on any atom is -0.444 e. The Kier molecular flexibility index (Phi) is 6.20. The number of aromatic nitrogens is 1. The quantitative estimate of drug-likeness (QED) is 0.293. The van der Waals surface area contributed by atoms with Gasteiger partial charge in [-0.2, -0.15) is 0 Å². The third-order valence-corrected chi connectivity index (χ3v) is 3.46. The van der Waals surface area contributed by atoms with Gasteiger partial charge in [-0.15, -0.1) is 0 Å². The molecule has 118 valence electrons. The van der Waals surface area contributed by atoms with Crippen LogP contribution in [0.1, 0.15) is 51.2 Å². The largest absolute Gasteiger partial charge is 0.444 e. The fraction of sp³-hybridized carbons (Fsp3) is 0.643. The van der Waals surface area contributed by atoms with Gasteiger partial charge in [0.2, 0.25) is 11.8 Å². The lowest BCUT2D eigenvalue weighted by Gasteiger charge is -2.30. The van der Waals surface area contributed by atoms with Crippen molar-refractivity contribution >= 4 is 11.7 Å². The van der Waals surface area contributed by atoms with Crippen molar-refractivity contribution < 1.29 is 14.4 Å². The van der Waals surface area contributed by atoms with Gasteiger partial charge in [-0.1, -0.05) is 31.8 Å². The van der Waals surface area contributed by atoms with Crippen LogP contribution in [0.4, 0.5) is 0 Å². The lowest BCUT2D eigenvalue weighted by Crippen LogP contribution is -2.49. The van der Waals surface area contributed by atoms with E-state index in [-0.39, 0.29) is 18.3 Å². The van der Waals surface area contributed by atoms with Crippen LogP contribution in [-0.2, 0) is 11.3 Å². The molecule has 0 spiro atoms. The average molecular weight is 296 g/mol. The van der Waals surface area contributed by atoms with Crippen molar-refractivity contribution in [2.75, 3.05) is 0 Å². The van der Waals surface area contributed by atoms with Gasteiger partial charge < -0.3 is 20.7 Å². The number of aryl methyl sites for hydroxylation is 1. The van der Waals surface area contributed by atoms with Crippen molar-refractivity contribution in [1.82, 2.24) is 10.3 Å². The van der Waals surface area contributed by atoms with Crippen LogP contribution in [0.2, 0.25) is 0 Å². The summed E-state index contributed by atoms with van der Waals surface area (Å²) in [7, 11) is 0. The van der Waals surface area contributed by atoms with Gasteiger partial charge in [0.25, 0.3) is 0 Å².